The van der Waals surface area contributed by atoms with Gasteiger partial charge in [0.25, 0.3) is 0 Å². The molecule has 1 aromatic heterocycles. The molecule has 0 saturated heterocycles. The first-order valence-electron chi connectivity index (χ1n) is 8.78. The lowest BCUT2D eigenvalue weighted by atomic mass is 9.80. The Kier molecular flexibility index (Phi) is 4.29. The Morgan fingerprint density at radius 1 is 1.10 bits per heavy atom. The third kappa shape index (κ3) is 3.06. The van der Waals surface area contributed by atoms with Gasteiger partial charge in [0, 0.05) is 22.0 Å². The van der Waals surface area contributed by atoms with Crippen LogP contribution in [0.15, 0.2) is 58.4 Å². The number of hydrogen-bond acceptors (Lipinski definition) is 6. The number of esters is 1. The molecule has 2 N–H and O–H groups in total. The molecule has 3 aromatic rings. The average Bonchev–Trinajstić information content (AvgIpc) is 3.09. The van der Waals surface area contributed by atoms with E-state index in [0.717, 1.165) is 33.5 Å². The third-order valence-electron chi connectivity index (χ3n) is 4.96. The summed E-state index contributed by atoms with van der Waals surface area (Å²) in [6.07, 6.45) is 0. The Bertz CT molecular complexity index is 1190. The summed E-state index contributed by atoms with van der Waals surface area (Å²) in [4.78, 5) is 41.2. The van der Waals surface area contributed by atoms with Crippen LogP contribution in [0.1, 0.15) is 16.4 Å². The Morgan fingerprint density at radius 3 is 2.66 bits per heavy atom. The van der Waals surface area contributed by atoms with Crippen molar-refractivity contribution < 1.29 is 18.7 Å². The fourth-order valence-corrected chi connectivity index (χ4v) is 6.18. The number of rotatable bonds is 2. The highest BCUT2D eigenvalue weighted by atomic mass is 32.2. The zero-order valence-electron chi connectivity index (χ0n) is 14.7. The fourth-order valence-electron chi connectivity index (χ4n) is 3.72. The van der Waals surface area contributed by atoms with Gasteiger partial charge in [-0.2, -0.15) is 0 Å². The van der Waals surface area contributed by atoms with Crippen molar-refractivity contribution >= 4 is 40.7 Å². The summed E-state index contributed by atoms with van der Waals surface area (Å²) >= 11 is 2.19. The number of hydrogen-bond donors (Lipinski definition) is 2. The Labute approximate surface area is 172 Å². The molecule has 2 aromatic carbocycles. The largest absolute Gasteiger partial charge is 0.426 e. The zero-order chi connectivity index (χ0) is 20.1. The number of carbonyl (C=O) groups is 2. The predicted molar refractivity (Wildman–Crippen MR) is 107 cm³/mol. The van der Waals surface area contributed by atoms with Crippen molar-refractivity contribution in [2.45, 2.75) is 16.2 Å². The standard InChI is InChI=1S/C20H13FN2O4S2/c21-9-5-7-10(8-6-9)22-17(24)15-14-13(16-18(28-15)23-20(26)29-16)11-3-1-2-4-12(11)27-19(14)25/h1-8,13-15H,(H,22,24)(H,23,26)/t13-,14-,15-/m1/s1. The minimum absolute atomic E-state index is 0.239. The molecule has 0 aliphatic carbocycles. The van der Waals surface area contributed by atoms with Gasteiger partial charge in [-0.3, -0.25) is 14.4 Å². The van der Waals surface area contributed by atoms with Gasteiger partial charge >= 0.3 is 10.8 Å². The van der Waals surface area contributed by atoms with Crippen LogP contribution < -0.4 is 14.9 Å². The van der Waals surface area contributed by atoms with E-state index in [4.69, 9.17) is 4.74 Å². The molecule has 29 heavy (non-hydrogen) atoms. The van der Waals surface area contributed by atoms with Gasteiger partial charge in [-0.05, 0) is 30.3 Å². The first-order valence-corrected chi connectivity index (χ1v) is 10.5. The Hall–Kier alpha value is -2.91. The second kappa shape index (κ2) is 6.85. The van der Waals surface area contributed by atoms with Crippen LogP contribution in [-0.2, 0) is 9.59 Å². The van der Waals surface area contributed by atoms with Gasteiger partial charge in [-0.1, -0.05) is 41.3 Å². The number of benzene rings is 2. The van der Waals surface area contributed by atoms with E-state index in [2.05, 4.69) is 10.3 Å². The molecule has 2 aliphatic heterocycles. The molecule has 5 rings (SSSR count). The monoisotopic (exact) mass is 428 g/mol. The second-order valence-electron chi connectivity index (χ2n) is 6.70. The summed E-state index contributed by atoms with van der Waals surface area (Å²) in [6.45, 7) is 0. The lowest BCUT2D eigenvalue weighted by molar-refractivity contribution is -0.142. The van der Waals surface area contributed by atoms with Crippen molar-refractivity contribution in [3.8, 4) is 5.75 Å². The number of nitrogens with one attached hydrogen (secondary N) is 2. The zero-order valence-corrected chi connectivity index (χ0v) is 16.3. The summed E-state index contributed by atoms with van der Waals surface area (Å²) < 4.78 is 18.7. The normalized spacial score (nSPS) is 22.1. The molecule has 0 fully saturated rings. The summed E-state index contributed by atoms with van der Waals surface area (Å²) in [5.74, 6) is -2.12. The molecule has 3 atom stereocenters. The number of para-hydroxylation sites is 1. The van der Waals surface area contributed by atoms with Crippen LogP contribution in [0.2, 0.25) is 0 Å². The lowest BCUT2D eigenvalue weighted by Crippen LogP contribution is -2.46. The highest BCUT2D eigenvalue weighted by molar-refractivity contribution is 8.00. The maximum Gasteiger partial charge on any atom is 0.317 e. The average molecular weight is 428 g/mol. The van der Waals surface area contributed by atoms with Crippen LogP contribution in [0.4, 0.5) is 10.1 Å². The number of aromatic amines is 1. The summed E-state index contributed by atoms with van der Waals surface area (Å²) in [6, 6.07) is 12.5. The Morgan fingerprint density at radius 2 is 1.86 bits per heavy atom. The Balaban J connectivity index is 1.57. The number of anilines is 1. The number of thioether (sulfide) groups is 1. The third-order valence-corrected chi connectivity index (χ3v) is 7.38. The molecule has 146 valence electrons. The van der Waals surface area contributed by atoms with Crippen molar-refractivity contribution in [2.24, 2.45) is 5.92 Å². The first kappa shape index (κ1) is 18.1. The van der Waals surface area contributed by atoms with E-state index in [1.165, 1.54) is 24.3 Å². The van der Waals surface area contributed by atoms with Gasteiger partial charge in [0.2, 0.25) is 5.91 Å². The van der Waals surface area contributed by atoms with E-state index in [1.54, 1.807) is 12.1 Å². The van der Waals surface area contributed by atoms with Crippen LogP contribution in [0.5, 0.6) is 5.75 Å². The van der Waals surface area contributed by atoms with Gasteiger partial charge < -0.3 is 15.0 Å². The summed E-state index contributed by atoms with van der Waals surface area (Å²) in [7, 11) is 0. The van der Waals surface area contributed by atoms with Crippen LogP contribution in [-0.4, -0.2) is 22.1 Å². The number of fused-ring (bicyclic) bond motifs is 5. The summed E-state index contributed by atoms with van der Waals surface area (Å²) in [5.41, 5.74) is 1.19. The number of halogens is 1. The molecular weight excluding hydrogens is 415 g/mol. The van der Waals surface area contributed by atoms with E-state index < -0.39 is 34.8 Å². The number of H-pyrrole nitrogens is 1. The first-order chi connectivity index (χ1) is 14.0. The van der Waals surface area contributed by atoms with Crippen LogP contribution in [0.25, 0.3) is 0 Å². The predicted octanol–water partition coefficient (Wildman–Crippen LogP) is 3.36. The van der Waals surface area contributed by atoms with Crippen LogP contribution >= 0.6 is 23.1 Å². The molecule has 6 nitrogen and oxygen atoms in total. The highest BCUT2D eigenvalue weighted by Gasteiger charge is 2.51. The number of aromatic nitrogens is 1. The number of thiazole rings is 1. The van der Waals surface area contributed by atoms with Crippen molar-refractivity contribution in [3.05, 3.63) is 74.5 Å². The second-order valence-corrected chi connectivity index (χ2v) is 8.87. The maximum absolute atomic E-state index is 13.1. The van der Waals surface area contributed by atoms with Crippen LogP contribution in [0, 0.1) is 11.7 Å². The number of ether oxygens (including phenoxy) is 1. The minimum atomic E-state index is -0.816. The van der Waals surface area contributed by atoms with Crippen molar-refractivity contribution in [1.29, 1.82) is 0 Å². The molecule has 0 radical (unpaired) electrons. The van der Waals surface area contributed by atoms with Gasteiger partial charge in [0.15, 0.2) is 0 Å². The molecule has 0 bridgehead atoms. The SMILES string of the molecule is O=C1Oc2ccccc2[C@H]2c3sc(=O)[nH]c3S[C@@H](C(=O)Nc3ccc(F)cc3)[C@H]12. The van der Waals surface area contributed by atoms with Gasteiger partial charge in [-0.15, -0.1) is 0 Å². The highest BCUT2D eigenvalue weighted by Crippen LogP contribution is 2.53. The minimum Gasteiger partial charge on any atom is -0.426 e. The molecular formula is C20H13FN2O4S2. The van der Waals surface area contributed by atoms with Gasteiger partial charge in [0.05, 0.1) is 10.9 Å². The number of carbonyl (C=O) groups excluding carboxylic acids is 2. The van der Waals surface area contributed by atoms with E-state index in [0.29, 0.717) is 16.5 Å². The lowest BCUT2D eigenvalue weighted by Gasteiger charge is -2.38. The topological polar surface area (TPSA) is 88.3 Å². The van der Waals surface area contributed by atoms with Gasteiger partial charge in [0.1, 0.15) is 16.8 Å². The molecule has 2 aliphatic rings. The van der Waals surface area contributed by atoms with Gasteiger partial charge in [-0.25, -0.2) is 4.39 Å². The molecule has 0 saturated carbocycles. The molecule has 9 heteroatoms. The molecule has 0 spiro atoms. The number of amides is 1. The quantitative estimate of drug-likeness (QED) is 0.483. The van der Waals surface area contributed by atoms with Crippen molar-refractivity contribution in [3.63, 3.8) is 0 Å². The maximum atomic E-state index is 13.1. The summed E-state index contributed by atoms with van der Waals surface area (Å²) in [5, 5.41) is 2.50. The fraction of sp³-hybridized carbons (Fsp3) is 0.150. The van der Waals surface area contributed by atoms with Crippen LogP contribution in [0.3, 0.4) is 0 Å². The van der Waals surface area contributed by atoms with E-state index in [1.807, 2.05) is 12.1 Å². The van der Waals surface area contributed by atoms with Crippen molar-refractivity contribution in [2.75, 3.05) is 5.32 Å². The van der Waals surface area contributed by atoms with E-state index in [9.17, 15) is 18.8 Å². The van der Waals surface area contributed by atoms with E-state index >= 15 is 0 Å². The van der Waals surface area contributed by atoms with Crippen molar-refractivity contribution in [1.82, 2.24) is 4.98 Å². The molecule has 1 amide bonds. The van der Waals surface area contributed by atoms with E-state index in [-0.39, 0.29) is 4.87 Å². The molecule has 0 unspecified atom stereocenters. The molecule has 3 heterocycles. The smallest absolute Gasteiger partial charge is 0.317 e.